The van der Waals surface area contributed by atoms with Crippen LogP contribution >= 0.6 is 11.6 Å². The Labute approximate surface area is 175 Å². The van der Waals surface area contributed by atoms with Crippen LogP contribution in [0.5, 0.6) is 5.75 Å². The highest BCUT2D eigenvalue weighted by atomic mass is 35.5. The van der Waals surface area contributed by atoms with E-state index in [1.165, 1.54) is 6.92 Å². The molecule has 154 valence electrons. The number of ketones is 1. The Balaban J connectivity index is 1.78. The number of halogens is 1. The zero-order valence-corrected chi connectivity index (χ0v) is 17.2. The van der Waals surface area contributed by atoms with Crippen LogP contribution < -0.4 is 10.1 Å². The molecular weight excluding hydrogens is 394 g/mol. The van der Waals surface area contributed by atoms with E-state index in [9.17, 15) is 14.4 Å². The molecule has 2 rings (SSSR count). The third-order valence-electron chi connectivity index (χ3n) is 4.01. The molecule has 6 nitrogen and oxygen atoms in total. The zero-order chi connectivity index (χ0) is 21.2. The molecule has 0 aliphatic heterocycles. The molecule has 0 bridgehead atoms. The average molecular weight is 418 g/mol. The first-order valence-electron chi connectivity index (χ1n) is 9.41. The molecule has 2 aromatic rings. The van der Waals surface area contributed by atoms with Gasteiger partial charge in [0.2, 0.25) is 0 Å². The molecule has 7 heteroatoms. The van der Waals surface area contributed by atoms with Crippen molar-refractivity contribution in [2.75, 3.05) is 11.9 Å². The minimum atomic E-state index is -1.01. The Hall–Kier alpha value is -2.86. The van der Waals surface area contributed by atoms with Crippen LogP contribution in [-0.4, -0.2) is 30.4 Å². The summed E-state index contributed by atoms with van der Waals surface area (Å²) in [5.74, 6) is -0.609. The lowest BCUT2D eigenvalue weighted by Gasteiger charge is -2.14. The number of nitrogens with one attached hydrogen (secondary N) is 1. The van der Waals surface area contributed by atoms with Crippen LogP contribution in [-0.2, 0) is 14.3 Å². The standard InChI is InChI=1S/C22H24ClNO5/c1-3-14-28-17-10-8-16(9-11-17)20(25)12-13-21(26)29-15(2)22(27)24-19-7-5-4-6-18(19)23/h4-11,15H,3,12-14H2,1-2H3,(H,24,27)/t15-/m1/s1. The third-order valence-corrected chi connectivity index (χ3v) is 4.34. The van der Waals surface area contributed by atoms with E-state index in [2.05, 4.69) is 5.32 Å². The SMILES string of the molecule is CCCOc1ccc(C(=O)CCC(=O)O[C@H](C)C(=O)Nc2ccccc2Cl)cc1. The number of hydrogen-bond acceptors (Lipinski definition) is 5. The normalized spacial score (nSPS) is 11.4. The van der Waals surface area contributed by atoms with Crippen molar-refractivity contribution in [2.24, 2.45) is 0 Å². The molecule has 29 heavy (non-hydrogen) atoms. The van der Waals surface area contributed by atoms with E-state index in [1.54, 1.807) is 48.5 Å². The van der Waals surface area contributed by atoms with Crippen molar-refractivity contribution in [3.8, 4) is 5.75 Å². The fourth-order valence-electron chi connectivity index (χ4n) is 2.42. The van der Waals surface area contributed by atoms with Crippen molar-refractivity contribution >= 4 is 34.9 Å². The number of carbonyl (C=O) groups excluding carboxylic acids is 3. The number of Topliss-reactive ketones (excluding diaryl/α,β-unsaturated/α-hetero) is 1. The zero-order valence-electron chi connectivity index (χ0n) is 16.4. The summed E-state index contributed by atoms with van der Waals surface area (Å²) >= 11 is 5.99. The fraction of sp³-hybridized carbons (Fsp3) is 0.318. The van der Waals surface area contributed by atoms with Crippen molar-refractivity contribution in [1.82, 2.24) is 0 Å². The number of carbonyl (C=O) groups is 3. The van der Waals surface area contributed by atoms with Gasteiger partial charge in [0, 0.05) is 12.0 Å². The molecule has 0 saturated carbocycles. The Morgan fingerprint density at radius 1 is 1.03 bits per heavy atom. The maximum atomic E-state index is 12.2. The van der Waals surface area contributed by atoms with Crippen LogP contribution in [0.2, 0.25) is 5.02 Å². The predicted octanol–water partition coefficient (Wildman–Crippen LogP) is 4.66. The van der Waals surface area contributed by atoms with Gasteiger partial charge in [-0.3, -0.25) is 14.4 Å². The summed E-state index contributed by atoms with van der Waals surface area (Å²) in [7, 11) is 0. The van der Waals surface area contributed by atoms with Gasteiger partial charge in [0.1, 0.15) is 5.75 Å². The van der Waals surface area contributed by atoms with Gasteiger partial charge in [0.25, 0.3) is 5.91 Å². The minimum absolute atomic E-state index is 0.00709. The van der Waals surface area contributed by atoms with E-state index in [0.717, 1.165) is 6.42 Å². The number of esters is 1. The molecule has 1 amide bonds. The van der Waals surface area contributed by atoms with Gasteiger partial charge in [0.05, 0.1) is 23.7 Å². The second kappa shape index (κ2) is 11.2. The quantitative estimate of drug-likeness (QED) is 0.449. The summed E-state index contributed by atoms with van der Waals surface area (Å²) in [6.07, 6.45) is -0.231. The summed E-state index contributed by atoms with van der Waals surface area (Å²) in [6, 6.07) is 13.5. The van der Waals surface area contributed by atoms with Gasteiger partial charge in [-0.15, -0.1) is 0 Å². The van der Waals surface area contributed by atoms with Crippen molar-refractivity contribution in [3.63, 3.8) is 0 Å². The number of amides is 1. The van der Waals surface area contributed by atoms with Crippen molar-refractivity contribution in [3.05, 3.63) is 59.1 Å². The smallest absolute Gasteiger partial charge is 0.307 e. The Morgan fingerprint density at radius 2 is 1.72 bits per heavy atom. The second-order valence-corrected chi connectivity index (χ2v) is 6.80. The van der Waals surface area contributed by atoms with Crippen LogP contribution in [0.15, 0.2) is 48.5 Å². The summed E-state index contributed by atoms with van der Waals surface area (Å²) < 4.78 is 10.6. The summed E-state index contributed by atoms with van der Waals surface area (Å²) in [4.78, 5) is 36.4. The lowest BCUT2D eigenvalue weighted by atomic mass is 10.1. The van der Waals surface area contributed by atoms with Gasteiger partial charge in [-0.25, -0.2) is 0 Å². The first-order valence-corrected chi connectivity index (χ1v) is 9.79. The molecule has 1 atom stereocenters. The largest absolute Gasteiger partial charge is 0.494 e. The third kappa shape index (κ3) is 7.23. The summed E-state index contributed by atoms with van der Waals surface area (Å²) in [5.41, 5.74) is 0.926. The summed E-state index contributed by atoms with van der Waals surface area (Å²) in [5, 5.41) is 2.98. The van der Waals surface area contributed by atoms with Crippen molar-refractivity contribution in [2.45, 2.75) is 39.2 Å². The molecular formula is C22H24ClNO5. The molecule has 0 aliphatic rings. The number of para-hydroxylation sites is 1. The first kappa shape index (κ1) is 22.4. The number of benzene rings is 2. The van der Waals surface area contributed by atoms with Crippen LogP contribution in [0.4, 0.5) is 5.69 Å². The van der Waals surface area contributed by atoms with Crippen LogP contribution in [0.25, 0.3) is 0 Å². The van der Waals surface area contributed by atoms with E-state index >= 15 is 0 Å². The Bertz CT molecular complexity index is 851. The van der Waals surface area contributed by atoms with Crippen LogP contribution in [0.1, 0.15) is 43.5 Å². The topological polar surface area (TPSA) is 81.7 Å². The molecule has 0 radical (unpaired) electrons. The highest BCUT2D eigenvalue weighted by Gasteiger charge is 2.19. The number of anilines is 1. The van der Waals surface area contributed by atoms with Gasteiger partial charge in [0.15, 0.2) is 11.9 Å². The predicted molar refractivity (Wildman–Crippen MR) is 111 cm³/mol. The van der Waals surface area contributed by atoms with Crippen LogP contribution in [0.3, 0.4) is 0 Å². The van der Waals surface area contributed by atoms with Crippen LogP contribution in [0, 0.1) is 0 Å². The fourth-order valence-corrected chi connectivity index (χ4v) is 2.61. The minimum Gasteiger partial charge on any atom is -0.494 e. The maximum absolute atomic E-state index is 12.2. The van der Waals surface area contributed by atoms with Gasteiger partial charge < -0.3 is 14.8 Å². The average Bonchev–Trinajstić information content (AvgIpc) is 2.72. The van der Waals surface area contributed by atoms with Gasteiger partial charge in [-0.2, -0.15) is 0 Å². The molecule has 1 N–H and O–H groups in total. The number of ether oxygens (including phenoxy) is 2. The Kier molecular flexibility index (Phi) is 8.68. The number of rotatable bonds is 10. The van der Waals surface area contributed by atoms with E-state index in [4.69, 9.17) is 21.1 Å². The highest BCUT2D eigenvalue weighted by molar-refractivity contribution is 6.33. The lowest BCUT2D eigenvalue weighted by Crippen LogP contribution is -2.30. The molecule has 2 aromatic carbocycles. The molecule has 0 fully saturated rings. The van der Waals surface area contributed by atoms with Crippen molar-refractivity contribution in [1.29, 1.82) is 0 Å². The maximum Gasteiger partial charge on any atom is 0.307 e. The lowest BCUT2D eigenvalue weighted by molar-refractivity contribution is -0.153. The second-order valence-electron chi connectivity index (χ2n) is 6.40. The van der Waals surface area contributed by atoms with E-state index < -0.39 is 18.0 Å². The molecule has 0 saturated heterocycles. The van der Waals surface area contributed by atoms with E-state index in [-0.39, 0.29) is 18.6 Å². The molecule has 0 spiro atoms. The van der Waals surface area contributed by atoms with E-state index in [0.29, 0.717) is 28.6 Å². The first-order chi connectivity index (χ1) is 13.9. The number of hydrogen-bond donors (Lipinski definition) is 1. The Morgan fingerprint density at radius 3 is 2.38 bits per heavy atom. The van der Waals surface area contributed by atoms with Gasteiger partial charge in [-0.05, 0) is 49.7 Å². The molecule has 0 unspecified atom stereocenters. The summed E-state index contributed by atoms with van der Waals surface area (Å²) in [6.45, 7) is 4.08. The van der Waals surface area contributed by atoms with Gasteiger partial charge >= 0.3 is 5.97 Å². The molecule has 0 aromatic heterocycles. The molecule has 0 aliphatic carbocycles. The van der Waals surface area contributed by atoms with E-state index in [1.807, 2.05) is 6.92 Å². The molecule has 0 heterocycles. The monoisotopic (exact) mass is 417 g/mol. The highest BCUT2D eigenvalue weighted by Crippen LogP contribution is 2.21. The van der Waals surface area contributed by atoms with Crippen molar-refractivity contribution < 1.29 is 23.9 Å². The van der Waals surface area contributed by atoms with Gasteiger partial charge in [-0.1, -0.05) is 30.7 Å².